The minimum Gasteiger partial charge on any atom is -0.452 e. The molecule has 2 heterocycles. The van der Waals surface area contributed by atoms with Crippen LogP contribution < -0.4 is 5.32 Å². The number of nitrogens with one attached hydrogen (secondary N) is 1. The Morgan fingerprint density at radius 3 is 2.79 bits per heavy atom. The van der Waals surface area contributed by atoms with Crippen LogP contribution in [0.15, 0.2) is 12.1 Å². The number of hydrogen-bond donors (Lipinski definition) is 1. The van der Waals surface area contributed by atoms with Gasteiger partial charge in [-0.05, 0) is 44.4 Å². The number of hydrogen-bond acceptors (Lipinski definition) is 6. The van der Waals surface area contributed by atoms with Crippen molar-refractivity contribution in [2.45, 2.75) is 32.7 Å². The summed E-state index contributed by atoms with van der Waals surface area (Å²) in [6.07, 6.45) is 5.46. The number of esters is 1. The molecule has 0 unspecified atom stereocenters. The monoisotopic (exact) mass is 421 g/mol. The Morgan fingerprint density at radius 2 is 2.14 bits per heavy atom. The third-order valence-electron chi connectivity index (χ3n) is 4.68. The highest BCUT2D eigenvalue weighted by Gasteiger charge is 2.27. The lowest BCUT2D eigenvalue weighted by molar-refractivity contribution is -0.143. The van der Waals surface area contributed by atoms with Crippen LogP contribution in [0.5, 0.6) is 0 Å². The Hall–Kier alpha value is -2.13. The topological polar surface area (TPSA) is 80.6 Å². The first-order valence-electron chi connectivity index (χ1n) is 9.14. The van der Waals surface area contributed by atoms with Gasteiger partial charge in [-0.1, -0.05) is 24.0 Å². The Kier molecular flexibility index (Phi) is 6.56. The summed E-state index contributed by atoms with van der Waals surface area (Å²) in [6, 6.07) is 2.63. The van der Waals surface area contributed by atoms with Gasteiger partial charge in [0.15, 0.2) is 6.61 Å². The van der Waals surface area contributed by atoms with Crippen molar-refractivity contribution >= 4 is 52.2 Å². The van der Waals surface area contributed by atoms with E-state index in [1.165, 1.54) is 41.3 Å². The summed E-state index contributed by atoms with van der Waals surface area (Å²) >= 11 is 6.38. The van der Waals surface area contributed by atoms with Gasteiger partial charge < -0.3 is 14.6 Å². The van der Waals surface area contributed by atoms with E-state index in [-0.39, 0.29) is 19.1 Å². The maximum atomic E-state index is 11.9. The Balaban J connectivity index is 1.40. The second kappa shape index (κ2) is 8.91. The van der Waals surface area contributed by atoms with Crippen LogP contribution in [-0.4, -0.2) is 57.0 Å². The SMILES string of the molecule is Cc1cc(/C=C/C(=O)OCC(=O)NCCN2C(=O)CSC2=S)c(C)n1C1CC1. The predicted octanol–water partition coefficient (Wildman–Crippen LogP) is 1.97. The van der Waals surface area contributed by atoms with Crippen molar-refractivity contribution in [1.29, 1.82) is 0 Å². The van der Waals surface area contributed by atoms with Gasteiger partial charge in [-0.25, -0.2) is 4.79 Å². The lowest BCUT2D eigenvalue weighted by Crippen LogP contribution is -2.38. The summed E-state index contributed by atoms with van der Waals surface area (Å²) in [7, 11) is 0. The predicted molar refractivity (Wildman–Crippen MR) is 112 cm³/mol. The van der Waals surface area contributed by atoms with E-state index in [2.05, 4.69) is 16.8 Å². The van der Waals surface area contributed by atoms with Crippen LogP contribution >= 0.6 is 24.0 Å². The molecule has 7 nitrogen and oxygen atoms in total. The molecule has 3 rings (SSSR count). The zero-order chi connectivity index (χ0) is 20.3. The summed E-state index contributed by atoms with van der Waals surface area (Å²) in [6.45, 7) is 4.32. The van der Waals surface area contributed by atoms with Gasteiger partial charge >= 0.3 is 5.97 Å². The molecular formula is C19H23N3O4S2. The van der Waals surface area contributed by atoms with E-state index >= 15 is 0 Å². The molecule has 1 aromatic heterocycles. The summed E-state index contributed by atoms with van der Waals surface area (Å²) in [5.41, 5.74) is 3.30. The molecule has 2 aliphatic rings. The van der Waals surface area contributed by atoms with Crippen molar-refractivity contribution in [3.63, 3.8) is 0 Å². The van der Waals surface area contributed by atoms with Gasteiger partial charge in [0.25, 0.3) is 5.91 Å². The summed E-state index contributed by atoms with van der Waals surface area (Å²) < 4.78 is 7.80. The van der Waals surface area contributed by atoms with E-state index in [0.29, 0.717) is 22.7 Å². The number of aromatic nitrogens is 1. The van der Waals surface area contributed by atoms with Crippen LogP contribution in [0.3, 0.4) is 0 Å². The lowest BCUT2D eigenvalue weighted by Gasteiger charge is -2.14. The van der Waals surface area contributed by atoms with Crippen LogP contribution in [0.4, 0.5) is 0 Å². The smallest absolute Gasteiger partial charge is 0.331 e. The number of carbonyl (C=O) groups excluding carboxylic acids is 3. The molecular weight excluding hydrogens is 398 g/mol. The number of ether oxygens (including phenoxy) is 1. The third kappa shape index (κ3) is 5.02. The van der Waals surface area contributed by atoms with Gasteiger partial charge in [0.2, 0.25) is 5.91 Å². The van der Waals surface area contributed by atoms with Crippen LogP contribution in [0.25, 0.3) is 6.08 Å². The van der Waals surface area contributed by atoms with Crippen molar-refractivity contribution in [2.24, 2.45) is 0 Å². The molecule has 2 amide bonds. The number of aryl methyl sites for hydroxylation is 1. The zero-order valence-electron chi connectivity index (χ0n) is 15.9. The second-order valence-corrected chi connectivity index (χ2v) is 8.43. The van der Waals surface area contributed by atoms with Crippen molar-refractivity contribution < 1.29 is 19.1 Å². The minimum absolute atomic E-state index is 0.0538. The van der Waals surface area contributed by atoms with E-state index in [0.717, 1.165) is 11.3 Å². The Bertz CT molecular complexity index is 826. The van der Waals surface area contributed by atoms with E-state index in [9.17, 15) is 14.4 Å². The van der Waals surface area contributed by atoms with Crippen molar-refractivity contribution in [2.75, 3.05) is 25.4 Å². The van der Waals surface area contributed by atoms with E-state index in [4.69, 9.17) is 17.0 Å². The van der Waals surface area contributed by atoms with Gasteiger partial charge in [0, 0.05) is 36.6 Å². The highest BCUT2D eigenvalue weighted by molar-refractivity contribution is 8.23. The molecule has 2 fully saturated rings. The molecule has 0 radical (unpaired) electrons. The molecule has 150 valence electrons. The first-order valence-corrected chi connectivity index (χ1v) is 10.5. The largest absolute Gasteiger partial charge is 0.452 e. The lowest BCUT2D eigenvalue weighted by atomic mass is 10.2. The zero-order valence-corrected chi connectivity index (χ0v) is 17.5. The fourth-order valence-corrected chi connectivity index (χ4v) is 4.29. The van der Waals surface area contributed by atoms with Gasteiger partial charge in [0.05, 0.1) is 5.75 Å². The average molecular weight is 422 g/mol. The van der Waals surface area contributed by atoms with E-state index < -0.39 is 11.9 Å². The fourth-order valence-electron chi connectivity index (χ4n) is 3.16. The molecule has 1 aliphatic carbocycles. The highest BCUT2D eigenvalue weighted by Crippen LogP contribution is 2.38. The average Bonchev–Trinajstić information content (AvgIpc) is 3.38. The van der Waals surface area contributed by atoms with Gasteiger partial charge in [0.1, 0.15) is 4.32 Å². The molecule has 0 spiro atoms. The van der Waals surface area contributed by atoms with Crippen LogP contribution in [0.2, 0.25) is 0 Å². The van der Waals surface area contributed by atoms with E-state index in [1.807, 2.05) is 13.0 Å². The molecule has 9 heteroatoms. The first-order chi connectivity index (χ1) is 13.4. The number of nitrogens with zero attached hydrogens (tertiary/aromatic N) is 2. The Morgan fingerprint density at radius 1 is 1.39 bits per heavy atom. The second-order valence-electron chi connectivity index (χ2n) is 6.82. The summed E-state index contributed by atoms with van der Waals surface area (Å²) in [5.74, 6) is -0.695. The molecule has 1 aliphatic heterocycles. The highest BCUT2D eigenvalue weighted by atomic mass is 32.2. The maximum Gasteiger partial charge on any atom is 0.331 e. The first kappa shape index (κ1) is 20.6. The number of rotatable bonds is 8. The van der Waals surface area contributed by atoms with Gasteiger partial charge in [-0.2, -0.15) is 0 Å². The molecule has 0 bridgehead atoms. The molecule has 0 aromatic carbocycles. The van der Waals surface area contributed by atoms with Crippen molar-refractivity contribution in [3.05, 3.63) is 29.1 Å². The van der Waals surface area contributed by atoms with Gasteiger partial charge in [-0.15, -0.1) is 0 Å². The number of carbonyl (C=O) groups is 3. The molecule has 1 saturated carbocycles. The third-order valence-corrected chi connectivity index (χ3v) is 6.11. The van der Waals surface area contributed by atoms with Gasteiger partial charge in [-0.3, -0.25) is 14.5 Å². The van der Waals surface area contributed by atoms with Crippen molar-refractivity contribution in [3.8, 4) is 0 Å². The molecule has 0 atom stereocenters. The number of thiocarbonyl (C=S) groups is 1. The number of amides is 2. The quantitative estimate of drug-likeness (QED) is 0.393. The molecule has 1 N–H and O–H groups in total. The van der Waals surface area contributed by atoms with Crippen molar-refractivity contribution in [1.82, 2.24) is 14.8 Å². The normalized spacial score (nSPS) is 16.9. The standard InChI is InChI=1S/C19H23N3O4S2/c1-12-9-14(13(2)22(12)15-4-5-15)3-6-18(25)26-10-16(23)20-7-8-21-17(24)11-28-19(21)27/h3,6,9,15H,4-5,7-8,10-11H2,1-2H3,(H,20,23)/b6-3+. The minimum atomic E-state index is -0.571. The molecule has 28 heavy (non-hydrogen) atoms. The summed E-state index contributed by atoms with van der Waals surface area (Å²) in [5, 5.41) is 2.61. The summed E-state index contributed by atoms with van der Waals surface area (Å²) in [4.78, 5) is 36.7. The van der Waals surface area contributed by atoms with E-state index in [1.54, 1.807) is 6.08 Å². The molecule has 1 saturated heterocycles. The Labute approximate surface area is 173 Å². The van der Waals surface area contributed by atoms with Crippen LogP contribution in [0.1, 0.15) is 35.8 Å². The van der Waals surface area contributed by atoms with Crippen LogP contribution in [-0.2, 0) is 19.1 Å². The fraction of sp³-hybridized carbons (Fsp3) is 0.474. The number of thioether (sulfide) groups is 1. The van der Waals surface area contributed by atoms with Crippen LogP contribution in [0, 0.1) is 13.8 Å². The molecule has 1 aromatic rings. The maximum absolute atomic E-state index is 11.9.